The molecular formula is C15H22N4O3S. The van der Waals surface area contributed by atoms with Gasteiger partial charge in [0.05, 0.1) is 6.26 Å². The number of anilines is 2. The molecule has 0 saturated heterocycles. The van der Waals surface area contributed by atoms with Crippen molar-refractivity contribution in [2.45, 2.75) is 39.2 Å². The molecule has 0 aliphatic heterocycles. The SMILES string of the molecule is C[C@@H](Nc1ccc(NS(C)(=O)=O)cc1)c1nc(C(C)(C)C)no1. The smallest absolute Gasteiger partial charge is 0.248 e. The van der Waals surface area contributed by atoms with Gasteiger partial charge in [-0.1, -0.05) is 25.9 Å². The van der Waals surface area contributed by atoms with E-state index < -0.39 is 10.0 Å². The van der Waals surface area contributed by atoms with E-state index in [0.717, 1.165) is 11.9 Å². The van der Waals surface area contributed by atoms with Crippen molar-refractivity contribution >= 4 is 21.4 Å². The standard InChI is InChI=1S/C15H22N4O3S/c1-10(13-17-14(18-22-13)15(2,3)4)16-11-6-8-12(9-7-11)19-23(5,20)21/h6-10,16,19H,1-5H3/t10-/m1/s1. The van der Waals surface area contributed by atoms with Crippen LogP contribution in [0.1, 0.15) is 45.5 Å². The molecule has 0 aliphatic rings. The van der Waals surface area contributed by atoms with Gasteiger partial charge in [-0.3, -0.25) is 4.72 Å². The van der Waals surface area contributed by atoms with Crippen molar-refractivity contribution in [3.63, 3.8) is 0 Å². The Bertz CT molecular complexity index is 761. The Morgan fingerprint density at radius 2 is 1.70 bits per heavy atom. The van der Waals surface area contributed by atoms with Crippen molar-refractivity contribution in [2.24, 2.45) is 0 Å². The number of hydrogen-bond acceptors (Lipinski definition) is 6. The molecule has 1 atom stereocenters. The van der Waals surface area contributed by atoms with Crippen molar-refractivity contribution in [3.8, 4) is 0 Å². The quantitative estimate of drug-likeness (QED) is 0.870. The molecule has 0 saturated carbocycles. The van der Waals surface area contributed by atoms with E-state index in [0.29, 0.717) is 17.4 Å². The van der Waals surface area contributed by atoms with Crippen LogP contribution in [0, 0.1) is 0 Å². The van der Waals surface area contributed by atoms with Crippen LogP contribution in [-0.4, -0.2) is 24.8 Å². The van der Waals surface area contributed by atoms with Crippen LogP contribution >= 0.6 is 0 Å². The third-order valence-electron chi connectivity index (χ3n) is 3.05. The zero-order valence-corrected chi connectivity index (χ0v) is 14.7. The Morgan fingerprint density at radius 3 is 2.17 bits per heavy atom. The highest BCUT2D eigenvalue weighted by atomic mass is 32.2. The summed E-state index contributed by atoms with van der Waals surface area (Å²) in [5.41, 5.74) is 1.17. The summed E-state index contributed by atoms with van der Waals surface area (Å²) in [6.07, 6.45) is 1.11. The van der Waals surface area contributed by atoms with Crippen LogP contribution in [0.2, 0.25) is 0 Å². The number of hydrogen-bond donors (Lipinski definition) is 2. The van der Waals surface area contributed by atoms with Gasteiger partial charge in [-0.2, -0.15) is 4.98 Å². The normalized spacial score (nSPS) is 13.6. The van der Waals surface area contributed by atoms with Gasteiger partial charge >= 0.3 is 0 Å². The van der Waals surface area contributed by atoms with E-state index in [4.69, 9.17) is 4.52 Å². The van der Waals surface area contributed by atoms with Gasteiger partial charge in [-0.25, -0.2) is 8.42 Å². The summed E-state index contributed by atoms with van der Waals surface area (Å²) in [5.74, 6) is 1.17. The highest BCUT2D eigenvalue weighted by Gasteiger charge is 2.23. The third-order valence-corrected chi connectivity index (χ3v) is 3.66. The molecule has 0 amide bonds. The molecule has 1 aromatic carbocycles. The highest BCUT2D eigenvalue weighted by molar-refractivity contribution is 7.92. The average molecular weight is 338 g/mol. The molecule has 1 heterocycles. The highest BCUT2D eigenvalue weighted by Crippen LogP contribution is 2.23. The lowest BCUT2D eigenvalue weighted by Crippen LogP contribution is -2.14. The second kappa shape index (κ2) is 6.19. The molecule has 1 aromatic heterocycles. The minimum atomic E-state index is -3.27. The minimum Gasteiger partial charge on any atom is -0.374 e. The Morgan fingerprint density at radius 1 is 1.13 bits per heavy atom. The van der Waals surface area contributed by atoms with E-state index in [1.54, 1.807) is 24.3 Å². The van der Waals surface area contributed by atoms with Crippen LogP contribution in [0.25, 0.3) is 0 Å². The number of nitrogens with zero attached hydrogens (tertiary/aromatic N) is 2. The minimum absolute atomic E-state index is 0.160. The van der Waals surface area contributed by atoms with E-state index in [9.17, 15) is 8.42 Å². The summed E-state index contributed by atoms with van der Waals surface area (Å²) >= 11 is 0. The monoisotopic (exact) mass is 338 g/mol. The summed E-state index contributed by atoms with van der Waals surface area (Å²) in [6.45, 7) is 7.98. The van der Waals surface area contributed by atoms with Gasteiger partial charge in [0.1, 0.15) is 6.04 Å². The second-order valence-electron chi connectivity index (χ2n) is 6.52. The Labute approximate surface area is 136 Å². The molecule has 0 radical (unpaired) electrons. The van der Waals surface area contributed by atoms with E-state index in [1.165, 1.54) is 0 Å². The summed E-state index contributed by atoms with van der Waals surface area (Å²) < 4.78 is 30.1. The van der Waals surface area contributed by atoms with Crippen LogP contribution < -0.4 is 10.0 Å². The fraction of sp³-hybridized carbons (Fsp3) is 0.467. The molecule has 7 nitrogen and oxygen atoms in total. The lowest BCUT2D eigenvalue weighted by atomic mass is 9.96. The lowest BCUT2D eigenvalue weighted by molar-refractivity contribution is 0.354. The first-order valence-electron chi connectivity index (χ1n) is 7.23. The van der Waals surface area contributed by atoms with E-state index in [1.807, 2.05) is 27.7 Å². The zero-order chi connectivity index (χ0) is 17.3. The molecule has 8 heteroatoms. The molecular weight excluding hydrogens is 316 g/mol. The maximum Gasteiger partial charge on any atom is 0.248 e. The number of rotatable bonds is 5. The van der Waals surface area contributed by atoms with Crippen LogP contribution in [0.5, 0.6) is 0 Å². The van der Waals surface area contributed by atoms with Gasteiger partial charge in [0.25, 0.3) is 0 Å². The summed E-state index contributed by atoms with van der Waals surface area (Å²) in [7, 11) is -3.27. The van der Waals surface area contributed by atoms with Crippen molar-refractivity contribution in [2.75, 3.05) is 16.3 Å². The number of aromatic nitrogens is 2. The topological polar surface area (TPSA) is 97.1 Å². The fourth-order valence-corrected chi connectivity index (χ4v) is 2.44. The molecule has 2 N–H and O–H groups in total. The van der Waals surface area contributed by atoms with Gasteiger partial charge < -0.3 is 9.84 Å². The van der Waals surface area contributed by atoms with Crippen molar-refractivity contribution in [3.05, 3.63) is 36.0 Å². The molecule has 23 heavy (non-hydrogen) atoms. The van der Waals surface area contributed by atoms with Gasteiger partial charge in [0.2, 0.25) is 15.9 Å². The van der Waals surface area contributed by atoms with E-state index >= 15 is 0 Å². The molecule has 0 spiro atoms. The maximum atomic E-state index is 11.2. The first-order valence-corrected chi connectivity index (χ1v) is 9.12. The third kappa shape index (κ3) is 4.95. The summed E-state index contributed by atoms with van der Waals surface area (Å²) in [5, 5.41) is 7.24. The maximum absolute atomic E-state index is 11.2. The van der Waals surface area contributed by atoms with Crippen molar-refractivity contribution in [1.29, 1.82) is 0 Å². The first kappa shape index (κ1) is 17.3. The molecule has 0 bridgehead atoms. The molecule has 126 valence electrons. The van der Waals surface area contributed by atoms with Gasteiger partial charge in [-0.15, -0.1) is 0 Å². The first-order chi connectivity index (χ1) is 10.5. The van der Waals surface area contributed by atoms with Gasteiger partial charge in [0.15, 0.2) is 5.82 Å². The predicted octanol–water partition coefficient (Wildman–Crippen LogP) is 2.91. The molecule has 0 unspecified atom stereocenters. The molecule has 0 aliphatic carbocycles. The summed E-state index contributed by atoms with van der Waals surface area (Å²) in [6, 6.07) is 6.78. The van der Waals surface area contributed by atoms with Crippen LogP contribution in [0.4, 0.5) is 11.4 Å². The van der Waals surface area contributed by atoms with Crippen LogP contribution in [0.15, 0.2) is 28.8 Å². The zero-order valence-electron chi connectivity index (χ0n) is 13.9. The fourth-order valence-electron chi connectivity index (χ4n) is 1.88. The van der Waals surface area contributed by atoms with Crippen molar-refractivity contribution in [1.82, 2.24) is 10.1 Å². The second-order valence-corrected chi connectivity index (χ2v) is 8.27. The predicted molar refractivity (Wildman–Crippen MR) is 89.9 cm³/mol. The van der Waals surface area contributed by atoms with E-state index in [-0.39, 0.29) is 11.5 Å². The van der Waals surface area contributed by atoms with Crippen LogP contribution in [-0.2, 0) is 15.4 Å². The Hall–Kier alpha value is -2.09. The molecule has 2 rings (SSSR count). The average Bonchev–Trinajstić information content (AvgIpc) is 2.89. The van der Waals surface area contributed by atoms with Gasteiger partial charge in [0, 0.05) is 16.8 Å². The van der Waals surface area contributed by atoms with E-state index in [2.05, 4.69) is 20.2 Å². The largest absolute Gasteiger partial charge is 0.374 e. The number of benzene rings is 1. The van der Waals surface area contributed by atoms with Crippen molar-refractivity contribution < 1.29 is 12.9 Å². The van der Waals surface area contributed by atoms with Gasteiger partial charge in [-0.05, 0) is 31.2 Å². The Kier molecular flexibility index (Phi) is 4.65. The summed E-state index contributed by atoms with van der Waals surface area (Å²) in [4.78, 5) is 4.41. The number of sulfonamides is 1. The molecule has 0 fully saturated rings. The molecule has 2 aromatic rings. The Balaban J connectivity index is 2.05. The lowest BCUT2D eigenvalue weighted by Gasteiger charge is -2.13. The number of nitrogens with one attached hydrogen (secondary N) is 2. The van der Waals surface area contributed by atoms with Crippen LogP contribution in [0.3, 0.4) is 0 Å².